The van der Waals surface area contributed by atoms with E-state index in [2.05, 4.69) is 21.2 Å². The maximum atomic E-state index is 11.9. The molecule has 2 N–H and O–H groups in total. The normalized spacial score (nSPS) is 27.6. The lowest BCUT2D eigenvalue weighted by atomic mass is 9.80. The molecule has 2 heterocycles. The Kier molecular flexibility index (Phi) is 4.31. The minimum absolute atomic E-state index is 0.277. The summed E-state index contributed by atoms with van der Waals surface area (Å²) in [5, 5.41) is 12.9. The van der Waals surface area contributed by atoms with Crippen LogP contribution in [-0.4, -0.2) is 23.7 Å². The van der Waals surface area contributed by atoms with Crippen LogP contribution in [0.5, 0.6) is 0 Å². The molecule has 1 fully saturated rings. The molecule has 2 aliphatic rings. The fourth-order valence-corrected chi connectivity index (χ4v) is 3.66. The first kappa shape index (κ1) is 16.2. The Bertz CT molecular complexity index is 719. The van der Waals surface area contributed by atoms with Crippen molar-refractivity contribution in [3.05, 3.63) is 56.8 Å². The first-order valence-corrected chi connectivity index (χ1v) is 8.16. The smallest absolute Gasteiger partial charge is 0.334 e. The molecular formula is C17H18BrNO4. The zero-order valence-corrected chi connectivity index (χ0v) is 14.7. The molecule has 0 spiro atoms. The van der Waals surface area contributed by atoms with Gasteiger partial charge in [0.1, 0.15) is 0 Å². The maximum absolute atomic E-state index is 11.9. The van der Waals surface area contributed by atoms with Gasteiger partial charge in [0.05, 0.1) is 5.57 Å². The van der Waals surface area contributed by atoms with Gasteiger partial charge in [-0.15, -0.1) is 0 Å². The van der Waals surface area contributed by atoms with Crippen LogP contribution < -0.4 is 5.32 Å². The molecular weight excluding hydrogens is 362 g/mol. The summed E-state index contributed by atoms with van der Waals surface area (Å²) >= 11 is 3.54. The van der Waals surface area contributed by atoms with E-state index in [0.717, 1.165) is 21.3 Å². The number of allylic oxidation sites excluding steroid dienone is 2. The maximum Gasteiger partial charge on any atom is 0.334 e. The summed E-state index contributed by atoms with van der Waals surface area (Å²) in [7, 11) is 0. The average molecular weight is 380 g/mol. The van der Waals surface area contributed by atoms with Crippen molar-refractivity contribution < 1.29 is 19.4 Å². The number of halogens is 1. The lowest BCUT2D eigenvalue weighted by Gasteiger charge is -2.41. The van der Waals surface area contributed by atoms with Crippen LogP contribution in [0.2, 0.25) is 0 Å². The van der Waals surface area contributed by atoms with Gasteiger partial charge in [0.15, 0.2) is 12.6 Å². The number of rotatable bonds is 3. The highest BCUT2D eigenvalue weighted by molar-refractivity contribution is 9.10. The number of benzene rings is 1. The third-order valence-electron chi connectivity index (χ3n) is 4.14. The monoisotopic (exact) mass is 379 g/mol. The predicted molar refractivity (Wildman–Crippen MR) is 88.5 cm³/mol. The van der Waals surface area contributed by atoms with Crippen molar-refractivity contribution >= 4 is 21.9 Å². The fraction of sp³-hybridized carbons (Fsp3) is 0.353. The summed E-state index contributed by atoms with van der Waals surface area (Å²) in [6.45, 7) is 5.50. The average Bonchev–Trinajstić information content (AvgIpc) is 2.44. The molecule has 1 atom stereocenters. The third-order valence-corrected chi connectivity index (χ3v) is 4.86. The minimum Gasteiger partial charge on any atom is -0.478 e. The highest BCUT2D eigenvalue weighted by Crippen LogP contribution is 2.45. The number of aliphatic carboxylic acids is 1. The quantitative estimate of drug-likeness (QED) is 0.841. The largest absolute Gasteiger partial charge is 0.478 e. The van der Waals surface area contributed by atoms with Gasteiger partial charge in [-0.1, -0.05) is 34.1 Å². The number of carboxylic acid groups (broad SMARTS) is 1. The van der Waals surface area contributed by atoms with Crippen LogP contribution in [-0.2, 0) is 14.3 Å². The van der Waals surface area contributed by atoms with E-state index in [4.69, 9.17) is 9.47 Å². The Morgan fingerprint density at radius 1 is 1.22 bits per heavy atom. The van der Waals surface area contributed by atoms with Crippen LogP contribution in [0.4, 0.5) is 0 Å². The summed E-state index contributed by atoms with van der Waals surface area (Å²) in [5.74, 6) is -1.38. The molecule has 2 aliphatic heterocycles. The predicted octanol–water partition coefficient (Wildman–Crippen LogP) is 3.49. The van der Waals surface area contributed by atoms with E-state index < -0.39 is 18.2 Å². The van der Waals surface area contributed by atoms with E-state index in [1.165, 1.54) is 0 Å². The van der Waals surface area contributed by atoms with Crippen LogP contribution in [0.15, 0.2) is 51.3 Å². The fourth-order valence-electron chi connectivity index (χ4n) is 3.14. The Hall–Kier alpha value is -1.63. The van der Waals surface area contributed by atoms with Crippen LogP contribution in [0.25, 0.3) is 0 Å². The number of dihydropyridines is 1. The van der Waals surface area contributed by atoms with Crippen molar-refractivity contribution in [1.29, 1.82) is 0 Å². The van der Waals surface area contributed by atoms with Crippen LogP contribution >= 0.6 is 15.9 Å². The van der Waals surface area contributed by atoms with E-state index in [0.29, 0.717) is 11.3 Å². The van der Waals surface area contributed by atoms with Gasteiger partial charge >= 0.3 is 5.97 Å². The van der Waals surface area contributed by atoms with Gasteiger partial charge in [0.2, 0.25) is 0 Å². The number of hydrogen-bond acceptors (Lipinski definition) is 4. The first-order valence-electron chi connectivity index (χ1n) is 7.37. The number of carbonyl (C=O) groups is 1. The molecule has 0 amide bonds. The van der Waals surface area contributed by atoms with Crippen LogP contribution in [0.1, 0.15) is 32.3 Å². The summed E-state index contributed by atoms with van der Waals surface area (Å²) < 4.78 is 12.2. The molecule has 122 valence electrons. The summed E-state index contributed by atoms with van der Waals surface area (Å²) in [6.07, 6.45) is -0.808. The SMILES string of the molecule is CC1=C(C(=O)O)C(c2ccccc2Br)C(C2OC(C)O2)=C(C)N1. The number of hydrogen-bond donors (Lipinski definition) is 2. The van der Waals surface area contributed by atoms with Gasteiger partial charge in [-0.05, 0) is 32.4 Å². The van der Waals surface area contributed by atoms with Crippen molar-refractivity contribution in [1.82, 2.24) is 5.32 Å². The molecule has 0 radical (unpaired) electrons. The summed E-state index contributed by atoms with van der Waals surface area (Å²) in [6, 6.07) is 7.63. The Morgan fingerprint density at radius 2 is 1.87 bits per heavy atom. The molecule has 1 unspecified atom stereocenters. The highest BCUT2D eigenvalue weighted by Gasteiger charge is 2.42. The lowest BCUT2D eigenvalue weighted by Crippen LogP contribution is -2.44. The third kappa shape index (κ3) is 2.82. The minimum atomic E-state index is -0.951. The van der Waals surface area contributed by atoms with Crippen molar-refractivity contribution in [2.45, 2.75) is 39.3 Å². The standard InChI is InChI=1S/C17H18BrNO4/c1-8-13(16(20)21)15(11-6-4-5-7-12(11)18)14(9(2)19-8)17-22-10(3)23-17/h4-7,10,15,17,19H,1-3H3,(H,20,21). The second-order valence-corrected chi connectivity index (χ2v) is 6.53. The van der Waals surface area contributed by atoms with E-state index in [1.54, 1.807) is 6.92 Å². The van der Waals surface area contributed by atoms with Crippen molar-refractivity contribution in [2.24, 2.45) is 0 Å². The molecule has 5 nitrogen and oxygen atoms in total. The summed E-state index contributed by atoms with van der Waals surface area (Å²) in [5.41, 5.74) is 3.49. The first-order chi connectivity index (χ1) is 10.9. The molecule has 1 aromatic rings. The second-order valence-electron chi connectivity index (χ2n) is 5.68. The highest BCUT2D eigenvalue weighted by atomic mass is 79.9. The molecule has 6 heteroatoms. The van der Waals surface area contributed by atoms with Crippen molar-refractivity contribution in [3.8, 4) is 0 Å². The second kappa shape index (κ2) is 6.11. The molecule has 0 aliphatic carbocycles. The topological polar surface area (TPSA) is 67.8 Å². The molecule has 0 aromatic heterocycles. The number of nitrogens with one attached hydrogen (secondary N) is 1. The molecule has 3 rings (SSSR count). The zero-order chi connectivity index (χ0) is 16.7. The summed E-state index contributed by atoms with van der Waals surface area (Å²) in [4.78, 5) is 11.9. The van der Waals surface area contributed by atoms with Crippen molar-refractivity contribution in [3.63, 3.8) is 0 Å². The number of ether oxygens (including phenoxy) is 2. The Labute approximate surface area is 143 Å². The van der Waals surface area contributed by atoms with E-state index in [9.17, 15) is 9.90 Å². The molecule has 0 saturated carbocycles. The van der Waals surface area contributed by atoms with E-state index in [-0.39, 0.29) is 6.29 Å². The van der Waals surface area contributed by atoms with E-state index >= 15 is 0 Å². The van der Waals surface area contributed by atoms with Gasteiger partial charge in [-0.25, -0.2) is 4.79 Å². The molecule has 1 aromatic carbocycles. The lowest BCUT2D eigenvalue weighted by molar-refractivity contribution is -0.360. The van der Waals surface area contributed by atoms with Gasteiger partial charge in [-0.2, -0.15) is 0 Å². The van der Waals surface area contributed by atoms with Gasteiger partial charge in [0.25, 0.3) is 0 Å². The number of carboxylic acids is 1. The Balaban J connectivity index is 2.15. The van der Waals surface area contributed by atoms with Gasteiger partial charge in [0, 0.05) is 27.4 Å². The molecule has 1 saturated heterocycles. The van der Waals surface area contributed by atoms with E-state index in [1.807, 2.05) is 38.1 Å². The zero-order valence-electron chi connectivity index (χ0n) is 13.1. The van der Waals surface area contributed by atoms with Gasteiger partial charge in [-0.3, -0.25) is 0 Å². The molecule has 0 bridgehead atoms. The van der Waals surface area contributed by atoms with Crippen LogP contribution in [0, 0.1) is 0 Å². The Morgan fingerprint density at radius 3 is 2.43 bits per heavy atom. The van der Waals surface area contributed by atoms with Gasteiger partial charge < -0.3 is 19.9 Å². The van der Waals surface area contributed by atoms with Crippen molar-refractivity contribution in [2.75, 3.05) is 0 Å². The molecule has 23 heavy (non-hydrogen) atoms. The van der Waals surface area contributed by atoms with Crippen LogP contribution in [0.3, 0.4) is 0 Å².